The van der Waals surface area contributed by atoms with Crippen molar-refractivity contribution in [3.05, 3.63) is 59.9 Å². The zero-order chi connectivity index (χ0) is 20.1. The zero-order valence-corrected chi connectivity index (χ0v) is 16.2. The highest BCUT2D eigenvalue weighted by atomic mass is 19.1. The van der Waals surface area contributed by atoms with E-state index in [1.165, 1.54) is 17.7 Å². The van der Waals surface area contributed by atoms with Gasteiger partial charge in [0.15, 0.2) is 0 Å². The Morgan fingerprint density at radius 2 is 1.41 bits per heavy atom. The van der Waals surface area contributed by atoms with Gasteiger partial charge in [0, 0.05) is 24.5 Å². The van der Waals surface area contributed by atoms with Crippen molar-refractivity contribution >= 4 is 29.2 Å². The minimum atomic E-state index is -0.293. The van der Waals surface area contributed by atoms with Crippen LogP contribution in [0.3, 0.4) is 0 Å². The molecule has 0 amide bonds. The minimum Gasteiger partial charge on any atom is -0.378 e. The Hall–Kier alpha value is -3.26. The summed E-state index contributed by atoms with van der Waals surface area (Å²) in [5.41, 5.74) is 2.86. The van der Waals surface area contributed by atoms with E-state index in [0.717, 1.165) is 12.1 Å². The number of morpholine rings is 1. The molecular weight excluding hydrogens is 371 g/mol. The topological polar surface area (TPSA) is 75.2 Å². The monoisotopic (exact) mass is 394 g/mol. The van der Waals surface area contributed by atoms with Crippen LogP contribution in [0.15, 0.2) is 48.5 Å². The van der Waals surface area contributed by atoms with Crippen LogP contribution < -0.4 is 15.5 Å². The fourth-order valence-electron chi connectivity index (χ4n) is 3.00. The normalized spacial score (nSPS) is 13.9. The number of anilines is 5. The van der Waals surface area contributed by atoms with Gasteiger partial charge < -0.3 is 20.3 Å². The van der Waals surface area contributed by atoms with Gasteiger partial charge in [-0.15, -0.1) is 0 Å². The fourth-order valence-corrected chi connectivity index (χ4v) is 3.00. The van der Waals surface area contributed by atoms with Gasteiger partial charge in [-0.25, -0.2) is 4.39 Å². The first kappa shape index (κ1) is 19.1. The van der Waals surface area contributed by atoms with Crippen molar-refractivity contribution in [1.82, 2.24) is 15.0 Å². The number of aromatic nitrogens is 3. The third kappa shape index (κ3) is 4.97. The highest BCUT2D eigenvalue weighted by Crippen LogP contribution is 2.21. The highest BCUT2D eigenvalue weighted by molar-refractivity contribution is 5.59. The number of benzene rings is 2. The standard InChI is InChI=1S/C21H23FN6O/c1-2-15-3-7-17(8-4-15)23-19-25-20(24-18-9-5-16(22)6-10-18)27-21(26-19)28-11-13-29-14-12-28/h3-10H,2,11-14H2,1H3,(H2,23,24,25,26,27). The van der Waals surface area contributed by atoms with Crippen LogP contribution in [-0.2, 0) is 11.2 Å². The number of nitrogens with one attached hydrogen (secondary N) is 2. The van der Waals surface area contributed by atoms with Crippen molar-refractivity contribution in [1.29, 1.82) is 0 Å². The van der Waals surface area contributed by atoms with Crippen LogP contribution in [0.25, 0.3) is 0 Å². The largest absolute Gasteiger partial charge is 0.378 e. The molecule has 1 aliphatic rings. The molecule has 0 unspecified atom stereocenters. The van der Waals surface area contributed by atoms with Gasteiger partial charge >= 0.3 is 0 Å². The number of halogens is 1. The van der Waals surface area contributed by atoms with Gasteiger partial charge in [0.05, 0.1) is 13.2 Å². The zero-order valence-electron chi connectivity index (χ0n) is 16.2. The number of hydrogen-bond acceptors (Lipinski definition) is 7. The summed E-state index contributed by atoms with van der Waals surface area (Å²) in [6.45, 7) is 4.81. The minimum absolute atomic E-state index is 0.293. The van der Waals surface area contributed by atoms with E-state index in [9.17, 15) is 4.39 Å². The molecule has 4 rings (SSSR count). The molecule has 2 heterocycles. The summed E-state index contributed by atoms with van der Waals surface area (Å²) < 4.78 is 18.6. The summed E-state index contributed by atoms with van der Waals surface area (Å²) >= 11 is 0. The molecule has 29 heavy (non-hydrogen) atoms. The van der Waals surface area contributed by atoms with E-state index in [1.807, 2.05) is 12.1 Å². The van der Waals surface area contributed by atoms with Crippen molar-refractivity contribution in [3.8, 4) is 0 Å². The first-order chi connectivity index (χ1) is 14.2. The maximum absolute atomic E-state index is 13.2. The van der Waals surface area contributed by atoms with E-state index in [0.29, 0.717) is 49.8 Å². The van der Waals surface area contributed by atoms with Crippen molar-refractivity contribution in [2.24, 2.45) is 0 Å². The molecule has 7 nitrogen and oxygen atoms in total. The van der Waals surface area contributed by atoms with E-state index < -0.39 is 0 Å². The molecule has 0 atom stereocenters. The van der Waals surface area contributed by atoms with Gasteiger partial charge in [-0.05, 0) is 48.4 Å². The van der Waals surface area contributed by atoms with Crippen molar-refractivity contribution < 1.29 is 9.13 Å². The van der Waals surface area contributed by atoms with Crippen LogP contribution in [0.1, 0.15) is 12.5 Å². The Labute approximate surface area is 169 Å². The molecule has 1 aromatic heterocycles. The molecule has 0 radical (unpaired) electrons. The second-order valence-electron chi connectivity index (χ2n) is 6.69. The third-order valence-electron chi connectivity index (χ3n) is 4.64. The number of aryl methyl sites for hydroxylation is 1. The first-order valence-electron chi connectivity index (χ1n) is 9.67. The molecule has 1 saturated heterocycles. The molecule has 8 heteroatoms. The van der Waals surface area contributed by atoms with Crippen molar-refractivity contribution in [3.63, 3.8) is 0 Å². The Morgan fingerprint density at radius 1 is 0.862 bits per heavy atom. The lowest BCUT2D eigenvalue weighted by atomic mass is 10.1. The van der Waals surface area contributed by atoms with Gasteiger partial charge in [-0.1, -0.05) is 19.1 Å². The predicted octanol–water partition coefficient (Wildman–Crippen LogP) is 3.90. The lowest BCUT2D eigenvalue weighted by molar-refractivity contribution is 0.122. The summed E-state index contributed by atoms with van der Waals surface area (Å²) in [7, 11) is 0. The molecule has 0 spiro atoms. The fraction of sp³-hybridized carbons (Fsp3) is 0.286. The van der Waals surface area contributed by atoms with Crippen molar-refractivity contribution in [2.75, 3.05) is 41.8 Å². The Balaban J connectivity index is 1.61. The number of hydrogen-bond donors (Lipinski definition) is 2. The predicted molar refractivity (Wildman–Crippen MR) is 112 cm³/mol. The average Bonchev–Trinajstić information content (AvgIpc) is 2.76. The van der Waals surface area contributed by atoms with E-state index in [4.69, 9.17) is 4.74 Å². The SMILES string of the molecule is CCc1ccc(Nc2nc(Nc3ccc(F)cc3)nc(N3CCOCC3)n2)cc1. The van der Waals surface area contributed by atoms with Crippen LogP contribution in [0, 0.1) is 5.82 Å². The molecule has 0 bridgehead atoms. The quantitative estimate of drug-likeness (QED) is 0.657. The second-order valence-corrected chi connectivity index (χ2v) is 6.69. The van der Waals surface area contributed by atoms with Gasteiger partial charge in [-0.3, -0.25) is 0 Å². The summed E-state index contributed by atoms with van der Waals surface area (Å²) in [5.74, 6) is 1.11. The van der Waals surface area contributed by atoms with Gasteiger partial charge in [-0.2, -0.15) is 15.0 Å². The van der Waals surface area contributed by atoms with E-state index in [-0.39, 0.29) is 5.82 Å². The third-order valence-corrected chi connectivity index (χ3v) is 4.64. The van der Waals surface area contributed by atoms with Crippen LogP contribution in [0.5, 0.6) is 0 Å². The molecule has 2 aromatic carbocycles. The van der Waals surface area contributed by atoms with Gasteiger partial charge in [0.1, 0.15) is 5.82 Å². The molecule has 0 saturated carbocycles. The van der Waals surface area contributed by atoms with Gasteiger partial charge in [0.25, 0.3) is 0 Å². The maximum Gasteiger partial charge on any atom is 0.233 e. The Kier molecular flexibility index (Phi) is 5.81. The van der Waals surface area contributed by atoms with E-state index >= 15 is 0 Å². The smallest absolute Gasteiger partial charge is 0.233 e. The van der Waals surface area contributed by atoms with Crippen LogP contribution in [0.2, 0.25) is 0 Å². The molecular formula is C21H23FN6O. The Bertz CT molecular complexity index is 942. The maximum atomic E-state index is 13.2. The molecule has 3 aromatic rings. The molecule has 1 fully saturated rings. The molecule has 2 N–H and O–H groups in total. The number of ether oxygens (including phenoxy) is 1. The van der Waals surface area contributed by atoms with Crippen LogP contribution in [0.4, 0.5) is 33.6 Å². The van der Waals surface area contributed by atoms with Crippen LogP contribution in [-0.4, -0.2) is 41.3 Å². The highest BCUT2D eigenvalue weighted by Gasteiger charge is 2.17. The van der Waals surface area contributed by atoms with E-state index in [1.54, 1.807) is 12.1 Å². The second kappa shape index (κ2) is 8.83. The molecule has 1 aliphatic heterocycles. The van der Waals surface area contributed by atoms with Gasteiger partial charge in [0.2, 0.25) is 17.8 Å². The average molecular weight is 394 g/mol. The number of nitrogens with zero attached hydrogens (tertiary/aromatic N) is 4. The summed E-state index contributed by atoms with van der Waals surface area (Å²) in [5, 5.41) is 6.38. The summed E-state index contributed by atoms with van der Waals surface area (Å²) in [6.07, 6.45) is 0.985. The first-order valence-corrected chi connectivity index (χ1v) is 9.67. The summed E-state index contributed by atoms with van der Waals surface area (Å²) in [6, 6.07) is 14.2. The summed E-state index contributed by atoms with van der Waals surface area (Å²) in [4.78, 5) is 15.7. The lowest BCUT2D eigenvalue weighted by Crippen LogP contribution is -2.37. The van der Waals surface area contributed by atoms with Crippen LogP contribution >= 0.6 is 0 Å². The number of rotatable bonds is 6. The molecule has 150 valence electrons. The Morgan fingerprint density at radius 3 is 1.97 bits per heavy atom. The van der Waals surface area contributed by atoms with E-state index in [2.05, 4.69) is 49.5 Å². The molecule has 0 aliphatic carbocycles. The lowest BCUT2D eigenvalue weighted by Gasteiger charge is -2.27. The van der Waals surface area contributed by atoms with Crippen molar-refractivity contribution in [2.45, 2.75) is 13.3 Å².